The van der Waals surface area contributed by atoms with E-state index >= 15 is 4.39 Å². The molecule has 2 atom stereocenters. The van der Waals surface area contributed by atoms with E-state index in [1.54, 1.807) is 23.1 Å². The Hall–Kier alpha value is -3.84. The number of methoxy groups -OCH3 is 1. The Balaban J connectivity index is 0.000000801. The molecule has 2 aromatic carbocycles. The van der Waals surface area contributed by atoms with Crippen LogP contribution in [0.1, 0.15) is 48.7 Å². The van der Waals surface area contributed by atoms with Crippen LogP contribution in [0, 0.1) is 12.7 Å². The number of anilines is 1. The number of carbonyl (C=O) groups is 2. The van der Waals surface area contributed by atoms with Crippen LogP contribution in [0.25, 0.3) is 10.9 Å². The van der Waals surface area contributed by atoms with Gasteiger partial charge in [0.05, 0.1) is 24.6 Å². The predicted molar refractivity (Wildman–Crippen MR) is 160 cm³/mol. The standard InChI is InChI=1S/C27H30ClFN4O5.C3H5F3/c1-14-7-18(28)6-5-17(14)9-31-27(37)20-10-30-23-19(25(20)36)8-21(29)24(26(23)38-4)32-11-15(2)33(13-22(34)35)16(3)12-32;1-2-3(4,5)6/h5-8,10,15-16H,9,11-13H2,1-4H3,(H,30,36)(H,31,37)(H,34,35);2H2,1H3. The van der Waals surface area contributed by atoms with Crippen molar-refractivity contribution < 1.29 is 37.0 Å². The lowest BCUT2D eigenvalue weighted by Gasteiger charge is -2.45. The molecular formula is C30H35ClF4N4O5. The van der Waals surface area contributed by atoms with E-state index in [0.29, 0.717) is 18.1 Å². The number of H-pyrrole nitrogens is 1. The van der Waals surface area contributed by atoms with Gasteiger partial charge in [0.15, 0.2) is 11.6 Å². The molecule has 2 heterocycles. The number of aryl methyl sites for hydroxylation is 1. The maximum atomic E-state index is 15.6. The maximum absolute atomic E-state index is 15.6. The number of amides is 1. The molecule has 1 amide bonds. The number of hydrogen-bond donors (Lipinski definition) is 3. The Morgan fingerprint density at radius 3 is 2.32 bits per heavy atom. The minimum atomic E-state index is -3.96. The van der Waals surface area contributed by atoms with E-state index in [2.05, 4.69) is 10.3 Å². The van der Waals surface area contributed by atoms with Gasteiger partial charge in [-0.3, -0.25) is 19.3 Å². The van der Waals surface area contributed by atoms with Gasteiger partial charge in [-0.1, -0.05) is 24.6 Å². The number of nitrogens with one attached hydrogen (secondary N) is 2. The molecule has 3 N–H and O–H groups in total. The van der Waals surface area contributed by atoms with Gasteiger partial charge in [-0.15, -0.1) is 0 Å². The monoisotopic (exact) mass is 642 g/mol. The van der Waals surface area contributed by atoms with Gasteiger partial charge < -0.3 is 25.0 Å². The highest BCUT2D eigenvalue weighted by molar-refractivity contribution is 6.30. The Kier molecular flexibility index (Phi) is 11.3. The Morgan fingerprint density at radius 2 is 1.80 bits per heavy atom. The topological polar surface area (TPSA) is 115 Å². The number of carbonyl (C=O) groups excluding carboxylic acids is 1. The van der Waals surface area contributed by atoms with E-state index < -0.39 is 35.7 Å². The van der Waals surface area contributed by atoms with E-state index in [-0.39, 0.29) is 53.1 Å². The van der Waals surface area contributed by atoms with Crippen LogP contribution < -0.4 is 20.4 Å². The molecule has 44 heavy (non-hydrogen) atoms. The summed E-state index contributed by atoms with van der Waals surface area (Å²) in [5.74, 6) is -2.04. The van der Waals surface area contributed by atoms with Crippen LogP contribution in [0.2, 0.25) is 5.02 Å². The number of alkyl halides is 3. The second kappa shape index (κ2) is 14.3. The van der Waals surface area contributed by atoms with Crippen molar-refractivity contribution in [2.75, 3.05) is 31.6 Å². The number of rotatable bonds is 7. The molecule has 2 unspecified atom stereocenters. The lowest BCUT2D eigenvalue weighted by molar-refractivity contribution is -0.139. The first-order valence-electron chi connectivity index (χ1n) is 13.8. The van der Waals surface area contributed by atoms with E-state index in [1.165, 1.54) is 13.3 Å². The van der Waals surface area contributed by atoms with Crippen LogP contribution in [-0.2, 0) is 11.3 Å². The van der Waals surface area contributed by atoms with Crippen LogP contribution in [-0.4, -0.2) is 71.9 Å². The van der Waals surface area contributed by atoms with Crippen molar-refractivity contribution in [3.63, 3.8) is 0 Å². The van der Waals surface area contributed by atoms with Crippen molar-refractivity contribution in [3.8, 4) is 5.75 Å². The lowest BCUT2D eigenvalue weighted by Crippen LogP contribution is -2.58. The minimum absolute atomic E-state index is 0.0102. The van der Waals surface area contributed by atoms with E-state index in [4.69, 9.17) is 16.3 Å². The molecule has 3 aromatic rings. The molecule has 0 bridgehead atoms. The number of nitrogens with zero attached hydrogens (tertiary/aromatic N) is 2. The molecule has 1 fully saturated rings. The maximum Gasteiger partial charge on any atom is 0.388 e. The number of piperazine rings is 1. The number of carboxylic acids is 1. The normalized spacial score (nSPS) is 17.2. The smallest absolute Gasteiger partial charge is 0.388 e. The average molecular weight is 643 g/mol. The first-order chi connectivity index (χ1) is 20.6. The van der Waals surface area contributed by atoms with Gasteiger partial charge >= 0.3 is 12.1 Å². The quantitative estimate of drug-likeness (QED) is 0.291. The number of benzene rings is 2. The first-order valence-corrected chi connectivity index (χ1v) is 14.2. The van der Waals surface area contributed by atoms with Gasteiger partial charge in [0.25, 0.3) is 5.91 Å². The third-order valence-electron chi connectivity index (χ3n) is 7.39. The number of aliphatic carboxylic acids is 1. The summed E-state index contributed by atoms with van der Waals surface area (Å²) in [4.78, 5) is 44.0. The van der Waals surface area contributed by atoms with E-state index in [1.807, 2.05) is 25.7 Å². The number of carboxylic acid groups (broad SMARTS) is 1. The summed E-state index contributed by atoms with van der Waals surface area (Å²) < 4.78 is 53.5. The van der Waals surface area contributed by atoms with Crippen LogP contribution in [0.4, 0.5) is 23.2 Å². The van der Waals surface area contributed by atoms with Crippen LogP contribution >= 0.6 is 11.6 Å². The highest BCUT2D eigenvalue weighted by Crippen LogP contribution is 2.38. The Morgan fingerprint density at radius 1 is 1.18 bits per heavy atom. The van der Waals surface area contributed by atoms with Gasteiger partial charge in [-0.25, -0.2) is 4.39 Å². The summed E-state index contributed by atoms with van der Waals surface area (Å²) in [6.07, 6.45) is -3.39. The Labute approximate surface area is 256 Å². The minimum Gasteiger partial charge on any atom is -0.492 e. The van der Waals surface area contributed by atoms with Crippen molar-refractivity contribution in [2.24, 2.45) is 0 Å². The number of ether oxygens (including phenoxy) is 1. The highest BCUT2D eigenvalue weighted by Gasteiger charge is 2.34. The molecule has 1 saturated heterocycles. The van der Waals surface area contributed by atoms with Crippen LogP contribution in [0.3, 0.4) is 0 Å². The van der Waals surface area contributed by atoms with Gasteiger partial charge in [0.1, 0.15) is 11.3 Å². The van der Waals surface area contributed by atoms with Crippen LogP contribution in [0.5, 0.6) is 5.75 Å². The van der Waals surface area contributed by atoms with Crippen molar-refractivity contribution >= 4 is 40.1 Å². The van der Waals surface area contributed by atoms with Crippen molar-refractivity contribution in [1.82, 2.24) is 15.2 Å². The van der Waals surface area contributed by atoms with Crippen LogP contribution in [0.15, 0.2) is 35.3 Å². The molecule has 0 spiro atoms. The van der Waals surface area contributed by atoms with Crippen molar-refractivity contribution in [2.45, 2.75) is 58.9 Å². The second-order valence-electron chi connectivity index (χ2n) is 10.6. The number of fused-ring (bicyclic) bond motifs is 1. The zero-order chi connectivity index (χ0) is 32.9. The van der Waals surface area contributed by atoms with Gasteiger partial charge in [0.2, 0.25) is 5.43 Å². The molecule has 9 nitrogen and oxygen atoms in total. The fourth-order valence-electron chi connectivity index (χ4n) is 5.09. The number of aromatic amines is 1. The molecule has 240 valence electrons. The first kappa shape index (κ1) is 34.6. The molecule has 14 heteroatoms. The number of aromatic nitrogens is 1. The zero-order valence-electron chi connectivity index (χ0n) is 24.9. The summed E-state index contributed by atoms with van der Waals surface area (Å²) in [7, 11) is 1.39. The summed E-state index contributed by atoms with van der Waals surface area (Å²) in [6, 6.07) is 6.09. The average Bonchev–Trinajstić information content (AvgIpc) is 2.94. The molecule has 1 aliphatic heterocycles. The molecule has 0 aliphatic carbocycles. The molecule has 0 saturated carbocycles. The molecule has 0 radical (unpaired) electrons. The van der Waals surface area contributed by atoms with E-state index in [9.17, 15) is 32.7 Å². The predicted octanol–water partition coefficient (Wildman–Crippen LogP) is 5.51. The fourth-order valence-corrected chi connectivity index (χ4v) is 5.32. The summed E-state index contributed by atoms with van der Waals surface area (Å²) in [5.41, 5.74) is 1.43. The second-order valence-corrected chi connectivity index (χ2v) is 11.0. The Bertz CT molecular complexity index is 1570. The summed E-state index contributed by atoms with van der Waals surface area (Å²) in [6.45, 7) is 7.54. The van der Waals surface area contributed by atoms with Crippen molar-refractivity contribution in [3.05, 3.63) is 68.2 Å². The zero-order valence-corrected chi connectivity index (χ0v) is 25.7. The number of halogens is 5. The molecular weight excluding hydrogens is 608 g/mol. The van der Waals surface area contributed by atoms with E-state index in [0.717, 1.165) is 24.1 Å². The third-order valence-corrected chi connectivity index (χ3v) is 7.62. The summed E-state index contributed by atoms with van der Waals surface area (Å²) in [5, 5.41) is 12.5. The highest BCUT2D eigenvalue weighted by atomic mass is 35.5. The van der Waals surface area contributed by atoms with Crippen molar-refractivity contribution in [1.29, 1.82) is 0 Å². The molecule has 1 aromatic heterocycles. The summed E-state index contributed by atoms with van der Waals surface area (Å²) >= 11 is 5.99. The number of pyridine rings is 1. The number of hydrogen-bond acceptors (Lipinski definition) is 6. The molecule has 4 rings (SSSR count). The largest absolute Gasteiger partial charge is 0.492 e. The lowest BCUT2D eigenvalue weighted by atomic mass is 10.0. The third kappa shape index (κ3) is 8.20. The fraction of sp³-hybridized carbons (Fsp3) is 0.433. The SMILES string of the molecule is CCC(F)(F)F.COc1c(N2CC(C)N(CC(=O)O)C(C)C2)c(F)cc2c(=O)c(C(=O)NCc3ccc(Cl)cc3C)c[nH]c12. The van der Waals surface area contributed by atoms with Gasteiger partial charge in [-0.2, -0.15) is 13.2 Å². The van der Waals surface area contributed by atoms with Gasteiger partial charge in [0, 0.05) is 49.4 Å². The molecule has 1 aliphatic rings. The van der Waals surface area contributed by atoms with Gasteiger partial charge in [-0.05, 0) is 50.1 Å².